The van der Waals surface area contributed by atoms with Crippen LogP contribution in [0.5, 0.6) is 0 Å². The molecule has 0 spiro atoms. The van der Waals surface area contributed by atoms with Gasteiger partial charge in [0.2, 0.25) is 0 Å². The third-order valence-electron chi connectivity index (χ3n) is 5.04. The van der Waals surface area contributed by atoms with Crippen LogP contribution in [0.2, 0.25) is 0 Å². The van der Waals surface area contributed by atoms with E-state index in [1.54, 1.807) is 0 Å². The molecule has 118 valence electrons. The van der Waals surface area contributed by atoms with Crippen LogP contribution < -0.4 is 5.32 Å². The van der Waals surface area contributed by atoms with E-state index in [4.69, 9.17) is 0 Å². The molecule has 0 radical (unpaired) electrons. The maximum absolute atomic E-state index is 4.50. The molecule has 1 aliphatic heterocycles. The lowest BCUT2D eigenvalue weighted by molar-refractivity contribution is 0.218. The standard InChI is InChI=1S/C16H28N4S/c1-16(2)9-8-12(17-3)13(11-16)21-15-19-18-14-7-5-4-6-10-20(14)15/h12-13,17H,4-11H2,1-3H3. The van der Waals surface area contributed by atoms with E-state index in [-0.39, 0.29) is 0 Å². The van der Waals surface area contributed by atoms with Crippen LogP contribution in [0.15, 0.2) is 5.16 Å². The van der Waals surface area contributed by atoms with Gasteiger partial charge < -0.3 is 9.88 Å². The summed E-state index contributed by atoms with van der Waals surface area (Å²) in [6.45, 7) is 5.90. The Hall–Kier alpha value is -0.550. The van der Waals surface area contributed by atoms with Gasteiger partial charge in [0.05, 0.1) is 0 Å². The minimum absolute atomic E-state index is 0.451. The molecule has 1 aliphatic carbocycles. The number of fused-ring (bicyclic) bond motifs is 1. The Morgan fingerprint density at radius 3 is 2.90 bits per heavy atom. The van der Waals surface area contributed by atoms with Gasteiger partial charge >= 0.3 is 0 Å². The molecule has 1 aromatic heterocycles. The Balaban J connectivity index is 1.77. The van der Waals surface area contributed by atoms with Crippen LogP contribution in [0.25, 0.3) is 0 Å². The Bertz CT molecular complexity index is 483. The van der Waals surface area contributed by atoms with E-state index in [1.165, 1.54) is 44.3 Å². The maximum Gasteiger partial charge on any atom is 0.191 e. The van der Waals surface area contributed by atoms with Crippen molar-refractivity contribution in [1.29, 1.82) is 0 Å². The van der Waals surface area contributed by atoms with Crippen molar-refractivity contribution in [2.75, 3.05) is 7.05 Å². The zero-order valence-corrected chi connectivity index (χ0v) is 14.4. The number of aryl methyl sites for hydroxylation is 1. The van der Waals surface area contributed by atoms with Gasteiger partial charge in [-0.1, -0.05) is 32.0 Å². The predicted octanol–water partition coefficient (Wildman–Crippen LogP) is 3.26. The summed E-state index contributed by atoms with van der Waals surface area (Å²) in [5.41, 5.74) is 0.451. The molecule has 1 aromatic rings. The van der Waals surface area contributed by atoms with Gasteiger partial charge in [-0.3, -0.25) is 0 Å². The van der Waals surface area contributed by atoms with Crippen LogP contribution in [-0.4, -0.2) is 33.1 Å². The first-order valence-corrected chi connectivity index (χ1v) is 9.23. The van der Waals surface area contributed by atoms with Crippen molar-refractivity contribution in [3.63, 3.8) is 0 Å². The zero-order valence-electron chi connectivity index (χ0n) is 13.6. The van der Waals surface area contributed by atoms with E-state index in [2.05, 4.69) is 41.0 Å². The summed E-state index contributed by atoms with van der Waals surface area (Å²) in [5, 5.41) is 14.2. The molecule has 1 saturated carbocycles. The van der Waals surface area contributed by atoms with Crippen molar-refractivity contribution in [3.8, 4) is 0 Å². The first-order valence-electron chi connectivity index (χ1n) is 8.35. The lowest BCUT2D eigenvalue weighted by Crippen LogP contribution is -2.43. The first-order chi connectivity index (χ1) is 10.1. The highest BCUT2D eigenvalue weighted by molar-refractivity contribution is 7.99. The molecular formula is C16H28N4S. The second-order valence-electron chi connectivity index (χ2n) is 7.32. The van der Waals surface area contributed by atoms with E-state index in [1.807, 2.05) is 11.8 Å². The lowest BCUT2D eigenvalue weighted by atomic mass is 9.75. The van der Waals surface area contributed by atoms with Crippen molar-refractivity contribution < 1.29 is 0 Å². The fraction of sp³-hybridized carbons (Fsp3) is 0.875. The molecule has 2 aliphatic rings. The minimum Gasteiger partial charge on any atom is -0.316 e. The molecule has 4 nitrogen and oxygen atoms in total. The SMILES string of the molecule is CNC1CCC(C)(C)CC1Sc1nnc2n1CCCCC2. The van der Waals surface area contributed by atoms with E-state index in [0.717, 1.165) is 18.1 Å². The topological polar surface area (TPSA) is 42.7 Å². The Morgan fingerprint density at radius 1 is 1.24 bits per heavy atom. The molecule has 5 heteroatoms. The zero-order chi connectivity index (χ0) is 14.9. The molecule has 21 heavy (non-hydrogen) atoms. The van der Waals surface area contributed by atoms with Crippen LogP contribution in [0.4, 0.5) is 0 Å². The van der Waals surface area contributed by atoms with Gasteiger partial charge in [0.25, 0.3) is 0 Å². The average Bonchev–Trinajstić information content (AvgIpc) is 2.68. The summed E-state index contributed by atoms with van der Waals surface area (Å²) in [6.07, 6.45) is 8.78. The Morgan fingerprint density at radius 2 is 2.10 bits per heavy atom. The fourth-order valence-electron chi connectivity index (χ4n) is 3.66. The van der Waals surface area contributed by atoms with Gasteiger partial charge in [-0.05, 0) is 44.6 Å². The Labute approximate surface area is 132 Å². The lowest BCUT2D eigenvalue weighted by Gasteiger charge is -2.40. The molecule has 1 N–H and O–H groups in total. The molecule has 3 rings (SSSR count). The molecule has 0 bridgehead atoms. The Kier molecular flexibility index (Phi) is 4.60. The molecule has 2 atom stereocenters. The van der Waals surface area contributed by atoms with Crippen molar-refractivity contribution in [2.24, 2.45) is 5.41 Å². The van der Waals surface area contributed by atoms with Crippen molar-refractivity contribution >= 4 is 11.8 Å². The highest BCUT2D eigenvalue weighted by Crippen LogP contribution is 2.42. The molecule has 1 fully saturated rings. The maximum atomic E-state index is 4.50. The number of nitrogens with one attached hydrogen (secondary N) is 1. The van der Waals surface area contributed by atoms with E-state index >= 15 is 0 Å². The van der Waals surface area contributed by atoms with E-state index in [9.17, 15) is 0 Å². The van der Waals surface area contributed by atoms with Crippen LogP contribution in [0.1, 0.15) is 58.2 Å². The summed E-state index contributed by atoms with van der Waals surface area (Å²) in [5.74, 6) is 1.20. The highest BCUT2D eigenvalue weighted by atomic mass is 32.2. The molecule has 2 heterocycles. The number of hydrogen-bond acceptors (Lipinski definition) is 4. The van der Waals surface area contributed by atoms with Gasteiger partial charge in [0.1, 0.15) is 5.82 Å². The first kappa shape index (κ1) is 15.3. The monoisotopic (exact) mass is 308 g/mol. The smallest absolute Gasteiger partial charge is 0.191 e. The van der Waals surface area contributed by atoms with Gasteiger partial charge in [-0.2, -0.15) is 0 Å². The van der Waals surface area contributed by atoms with Gasteiger partial charge in [-0.25, -0.2) is 0 Å². The molecule has 0 saturated heterocycles. The molecule has 0 aromatic carbocycles. The quantitative estimate of drug-likeness (QED) is 0.930. The summed E-state index contributed by atoms with van der Waals surface area (Å²) in [4.78, 5) is 0. The van der Waals surface area contributed by atoms with Crippen LogP contribution >= 0.6 is 11.8 Å². The number of thioether (sulfide) groups is 1. The van der Waals surface area contributed by atoms with Crippen LogP contribution in [0.3, 0.4) is 0 Å². The molecular weight excluding hydrogens is 280 g/mol. The second kappa shape index (κ2) is 6.29. The van der Waals surface area contributed by atoms with Gasteiger partial charge in [0, 0.05) is 24.3 Å². The third kappa shape index (κ3) is 3.45. The predicted molar refractivity (Wildman–Crippen MR) is 87.7 cm³/mol. The van der Waals surface area contributed by atoms with Crippen LogP contribution in [-0.2, 0) is 13.0 Å². The highest BCUT2D eigenvalue weighted by Gasteiger charge is 2.35. The van der Waals surface area contributed by atoms with Crippen molar-refractivity contribution in [3.05, 3.63) is 5.82 Å². The average molecular weight is 308 g/mol. The second-order valence-corrected chi connectivity index (χ2v) is 8.53. The van der Waals surface area contributed by atoms with Crippen LogP contribution in [0, 0.1) is 5.41 Å². The normalized spacial score (nSPS) is 28.9. The summed E-state index contributed by atoms with van der Waals surface area (Å²) >= 11 is 1.96. The number of nitrogens with zero attached hydrogens (tertiary/aromatic N) is 3. The molecule has 2 unspecified atom stereocenters. The van der Waals surface area contributed by atoms with Gasteiger partial charge in [0.15, 0.2) is 5.16 Å². The largest absolute Gasteiger partial charge is 0.316 e. The van der Waals surface area contributed by atoms with Crippen molar-refractivity contribution in [2.45, 2.75) is 81.8 Å². The number of hydrogen-bond donors (Lipinski definition) is 1. The summed E-state index contributed by atoms with van der Waals surface area (Å²) in [6, 6.07) is 0.599. The fourth-order valence-corrected chi connectivity index (χ4v) is 5.31. The summed E-state index contributed by atoms with van der Waals surface area (Å²) in [7, 11) is 2.10. The molecule has 0 amide bonds. The van der Waals surface area contributed by atoms with E-state index in [0.29, 0.717) is 16.7 Å². The van der Waals surface area contributed by atoms with Crippen molar-refractivity contribution in [1.82, 2.24) is 20.1 Å². The number of aromatic nitrogens is 3. The third-order valence-corrected chi connectivity index (χ3v) is 6.35. The number of rotatable bonds is 3. The summed E-state index contributed by atoms with van der Waals surface area (Å²) < 4.78 is 2.38. The van der Waals surface area contributed by atoms with E-state index < -0.39 is 0 Å². The van der Waals surface area contributed by atoms with Gasteiger partial charge in [-0.15, -0.1) is 10.2 Å². The minimum atomic E-state index is 0.451.